The fraction of sp³-hybridized carbons (Fsp3) is 0.812. The van der Waals surface area contributed by atoms with Crippen LogP contribution in [0.15, 0.2) is 12.2 Å². The number of hydrogen-bond donors (Lipinski definition) is 1. The third kappa shape index (κ3) is 5.70. The number of aliphatic carboxylic acids is 1. The highest BCUT2D eigenvalue weighted by atomic mass is 16.4. The zero-order valence-electron chi connectivity index (χ0n) is 11.9. The molecule has 0 spiro atoms. The molecule has 1 aliphatic rings. The molecule has 0 aromatic carbocycles. The van der Waals surface area contributed by atoms with Gasteiger partial charge in [-0.25, -0.2) is 0 Å². The van der Waals surface area contributed by atoms with E-state index in [1.807, 2.05) is 0 Å². The summed E-state index contributed by atoms with van der Waals surface area (Å²) in [7, 11) is 0. The van der Waals surface area contributed by atoms with Crippen molar-refractivity contribution in [2.75, 3.05) is 0 Å². The molecule has 0 aromatic heterocycles. The average Bonchev–Trinajstić information content (AvgIpc) is 2.34. The molecule has 0 aromatic rings. The van der Waals surface area contributed by atoms with Gasteiger partial charge in [-0.2, -0.15) is 0 Å². The summed E-state index contributed by atoms with van der Waals surface area (Å²) >= 11 is 0. The third-order valence-electron chi connectivity index (χ3n) is 4.29. The quantitative estimate of drug-likeness (QED) is 0.529. The monoisotopic (exact) mass is 252 g/mol. The van der Waals surface area contributed by atoms with Crippen LogP contribution in [-0.2, 0) is 4.79 Å². The van der Waals surface area contributed by atoms with Gasteiger partial charge in [0, 0.05) is 6.42 Å². The maximum Gasteiger partial charge on any atom is 0.303 e. The van der Waals surface area contributed by atoms with E-state index in [1.165, 1.54) is 32.1 Å². The molecule has 3 atom stereocenters. The van der Waals surface area contributed by atoms with Crippen LogP contribution in [0.25, 0.3) is 0 Å². The molecule has 0 aliphatic heterocycles. The highest BCUT2D eigenvalue weighted by molar-refractivity contribution is 5.66. The second-order valence-electron chi connectivity index (χ2n) is 5.84. The summed E-state index contributed by atoms with van der Waals surface area (Å²) in [5.74, 6) is 1.99. The predicted octanol–water partition coefficient (Wildman–Crippen LogP) is 4.65. The zero-order valence-corrected chi connectivity index (χ0v) is 11.9. The van der Waals surface area contributed by atoms with Crippen molar-refractivity contribution in [3.05, 3.63) is 12.2 Å². The van der Waals surface area contributed by atoms with Crippen molar-refractivity contribution in [2.45, 2.75) is 65.2 Å². The van der Waals surface area contributed by atoms with Crippen LogP contribution in [0.3, 0.4) is 0 Å². The van der Waals surface area contributed by atoms with Crippen LogP contribution >= 0.6 is 0 Å². The fourth-order valence-electron chi connectivity index (χ4n) is 3.13. The average molecular weight is 252 g/mol. The molecule has 1 N–H and O–H groups in total. The minimum absolute atomic E-state index is 0.295. The molecule has 1 rings (SSSR count). The first-order valence-corrected chi connectivity index (χ1v) is 7.50. The van der Waals surface area contributed by atoms with E-state index in [-0.39, 0.29) is 0 Å². The number of hydrogen-bond acceptors (Lipinski definition) is 1. The number of unbranched alkanes of at least 4 members (excludes halogenated alkanes) is 1. The summed E-state index contributed by atoms with van der Waals surface area (Å²) in [4.78, 5) is 10.4. The Morgan fingerprint density at radius 1 is 1.28 bits per heavy atom. The van der Waals surface area contributed by atoms with Crippen molar-refractivity contribution in [3.8, 4) is 0 Å². The molecule has 2 unspecified atom stereocenters. The first-order chi connectivity index (χ1) is 8.63. The standard InChI is InChI=1S/C16H28O2/c1-3-14-12-13(2)10-11-15(14)8-6-4-5-7-9-16(17)18/h4,6,13-15H,3,5,7-12H2,1-2H3,(H,17,18)/b6-4-/t13-,14?,15?/m1/s1. The maximum atomic E-state index is 10.4. The van der Waals surface area contributed by atoms with Crippen LogP contribution in [0.2, 0.25) is 0 Å². The van der Waals surface area contributed by atoms with Gasteiger partial charge in [-0.15, -0.1) is 0 Å². The van der Waals surface area contributed by atoms with Gasteiger partial charge in [0.15, 0.2) is 0 Å². The molecule has 18 heavy (non-hydrogen) atoms. The lowest BCUT2D eigenvalue weighted by atomic mass is 9.72. The third-order valence-corrected chi connectivity index (χ3v) is 4.29. The molecule has 0 saturated heterocycles. The fourth-order valence-corrected chi connectivity index (χ4v) is 3.13. The van der Waals surface area contributed by atoms with Crippen molar-refractivity contribution >= 4 is 5.97 Å². The topological polar surface area (TPSA) is 37.3 Å². The Bertz CT molecular complexity index is 270. The van der Waals surface area contributed by atoms with Crippen molar-refractivity contribution < 1.29 is 9.90 Å². The van der Waals surface area contributed by atoms with Crippen LogP contribution in [0, 0.1) is 17.8 Å². The van der Waals surface area contributed by atoms with E-state index in [0.717, 1.165) is 30.6 Å². The summed E-state index contributed by atoms with van der Waals surface area (Å²) in [6.07, 6.45) is 13.1. The maximum absolute atomic E-state index is 10.4. The summed E-state index contributed by atoms with van der Waals surface area (Å²) < 4.78 is 0. The molecule has 2 nitrogen and oxygen atoms in total. The largest absolute Gasteiger partial charge is 0.481 e. The van der Waals surface area contributed by atoms with Gasteiger partial charge in [0.05, 0.1) is 0 Å². The van der Waals surface area contributed by atoms with E-state index < -0.39 is 5.97 Å². The van der Waals surface area contributed by atoms with E-state index in [0.29, 0.717) is 6.42 Å². The molecule has 1 fully saturated rings. The van der Waals surface area contributed by atoms with Crippen molar-refractivity contribution in [3.63, 3.8) is 0 Å². The van der Waals surface area contributed by atoms with Crippen LogP contribution in [0.1, 0.15) is 65.2 Å². The molecule has 1 aliphatic carbocycles. The van der Waals surface area contributed by atoms with Crippen LogP contribution in [0.5, 0.6) is 0 Å². The van der Waals surface area contributed by atoms with Gasteiger partial charge in [-0.1, -0.05) is 38.8 Å². The summed E-state index contributed by atoms with van der Waals surface area (Å²) in [6.45, 7) is 4.69. The number of allylic oxidation sites excluding steroid dienone is 2. The lowest BCUT2D eigenvalue weighted by molar-refractivity contribution is -0.137. The number of rotatable bonds is 7. The van der Waals surface area contributed by atoms with E-state index in [9.17, 15) is 4.79 Å². The smallest absolute Gasteiger partial charge is 0.303 e. The van der Waals surface area contributed by atoms with Gasteiger partial charge in [0.2, 0.25) is 0 Å². The molecule has 0 radical (unpaired) electrons. The SMILES string of the molecule is CCC1C[C@H](C)CCC1C/C=C\CCCC(=O)O. The van der Waals surface area contributed by atoms with Gasteiger partial charge < -0.3 is 5.11 Å². The first-order valence-electron chi connectivity index (χ1n) is 7.50. The molecule has 2 heteroatoms. The second kappa shape index (κ2) is 8.34. The Morgan fingerprint density at radius 2 is 2.06 bits per heavy atom. The Morgan fingerprint density at radius 3 is 2.72 bits per heavy atom. The number of carboxylic acids is 1. The van der Waals surface area contributed by atoms with Crippen LogP contribution in [-0.4, -0.2) is 11.1 Å². The minimum Gasteiger partial charge on any atom is -0.481 e. The molecule has 104 valence electrons. The van der Waals surface area contributed by atoms with Gasteiger partial charge >= 0.3 is 5.97 Å². The summed E-state index contributed by atoms with van der Waals surface area (Å²) in [6, 6.07) is 0. The molecule has 0 amide bonds. The number of carboxylic acid groups (broad SMARTS) is 1. The second-order valence-corrected chi connectivity index (χ2v) is 5.84. The molecular formula is C16H28O2. The highest BCUT2D eigenvalue weighted by Gasteiger charge is 2.26. The first kappa shape index (κ1) is 15.3. The van der Waals surface area contributed by atoms with E-state index in [2.05, 4.69) is 26.0 Å². The van der Waals surface area contributed by atoms with Crippen molar-refractivity contribution in [1.29, 1.82) is 0 Å². The van der Waals surface area contributed by atoms with Gasteiger partial charge in [0.1, 0.15) is 0 Å². The normalized spacial score (nSPS) is 28.7. The minimum atomic E-state index is -0.685. The molecule has 0 heterocycles. The Kier molecular flexibility index (Phi) is 7.07. The number of carbonyl (C=O) groups is 1. The van der Waals surface area contributed by atoms with Crippen molar-refractivity contribution in [2.24, 2.45) is 17.8 Å². The zero-order chi connectivity index (χ0) is 13.4. The highest BCUT2D eigenvalue weighted by Crippen LogP contribution is 2.37. The van der Waals surface area contributed by atoms with Gasteiger partial charge in [-0.05, 0) is 49.9 Å². The Balaban J connectivity index is 2.20. The van der Waals surface area contributed by atoms with Crippen molar-refractivity contribution in [1.82, 2.24) is 0 Å². The molecule has 1 saturated carbocycles. The van der Waals surface area contributed by atoms with Gasteiger partial charge in [0.25, 0.3) is 0 Å². The lowest BCUT2D eigenvalue weighted by Crippen LogP contribution is -2.22. The summed E-state index contributed by atoms with van der Waals surface area (Å²) in [5.41, 5.74) is 0. The Hall–Kier alpha value is -0.790. The van der Waals surface area contributed by atoms with E-state index in [4.69, 9.17) is 5.11 Å². The van der Waals surface area contributed by atoms with E-state index in [1.54, 1.807) is 0 Å². The Labute approximate surface area is 111 Å². The molecular weight excluding hydrogens is 224 g/mol. The predicted molar refractivity (Wildman–Crippen MR) is 75.5 cm³/mol. The summed E-state index contributed by atoms with van der Waals surface area (Å²) in [5, 5.41) is 8.54. The molecule has 0 bridgehead atoms. The van der Waals surface area contributed by atoms with Crippen LogP contribution < -0.4 is 0 Å². The van der Waals surface area contributed by atoms with Gasteiger partial charge in [-0.3, -0.25) is 4.79 Å². The van der Waals surface area contributed by atoms with E-state index >= 15 is 0 Å². The lowest BCUT2D eigenvalue weighted by Gasteiger charge is -2.33. The van der Waals surface area contributed by atoms with Crippen LogP contribution in [0.4, 0.5) is 0 Å².